The van der Waals surface area contributed by atoms with Gasteiger partial charge in [0.25, 0.3) is 11.6 Å². The first-order valence-corrected chi connectivity index (χ1v) is 8.07. The minimum absolute atomic E-state index is 0.0853. The van der Waals surface area contributed by atoms with Crippen LogP contribution in [0.1, 0.15) is 11.1 Å². The van der Waals surface area contributed by atoms with Gasteiger partial charge in [0.1, 0.15) is 5.70 Å². The van der Waals surface area contributed by atoms with Crippen molar-refractivity contribution in [2.45, 2.75) is 6.54 Å². The van der Waals surface area contributed by atoms with E-state index in [-0.39, 0.29) is 17.9 Å². The number of carbonyl (C=O) groups excluding carboxylic acids is 2. The molecule has 2 aromatic carbocycles. The molecule has 1 aliphatic rings. The van der Waals surface area contributed by atoms with Crippen LogP contribution in [0, 0.1) is 10.1 Å². The monoisotopic (exact) mass is 401 g/mol. The molecule has 1 saturated heterocycles. The number of urea groups is 1. The molecule has 2 aromatic rings. The van der Waals surface area contributed by atoms with Crippen LogP contribution in [0.2, 0.25) is 0 Å². The molecule has 0 aromatic heterocycles. The molecule has 1 N–H and O–H groups in total. The maximum absolute atomic E-state index is 12.4. The SMILES string of the molecule is O=C1N/C(=C/c2cccc([N+](=O)[O-])c2)C(=O)N1Cc1ccc(Br)cc1. The maximum Gasteiger partial charge on any atom is 0.329 e. The molecule has 0 unspecified atom stereocenters. The van der Waals surface area contributed by atoms with Gasteiger partial charge in [0.05, 0.1) is 11.5 Å². The average molecular weight is 402 g/mol. The zero-order valence-electron chi connectivity index (χ0n) is 12.8. The summed E-state index contributed by atoms with van der Waals surface area (Å²) >= 11 is 3.33. The number of rotatable bonds is 4. The van der Waals surface area contributed by atoms with Crippen molar-refractivity contribution >= 4 is 39.6 Å². The number of benzene rings is 2. The number of halogens is 1. The second kappa shape index (κ2) is 6.86. The highest BCUT2D eigenvalue weighted by Gasteiger charge is 2.33. The lowest BCUT2D eigenvalue weighted by Crippen LogP contribution is -2.30. The number of amides is 3. The molecule has 8 heteroatoms. The highest BCUT2D eigenvalue weighted by Crippen LogP contribution is 2.20. The number of nitrogens with zero attached hydrogens (tertiary/aromatic N) is 2. The van der Waals surface area contributed by atoms with Crippen molar-refractivity contribution < 1.29 is 14.5 Å². The van der Waals surface area contributed by atoms with Crippen LogP contribution in [0.25, 0.3) is 6.08 Å². The van der Waals surface area contributed by atoms with Crippen molar-refractivity contribution in [2.75, 3.05) is 0 Å². The first-order valence-electron chi connectivity index (χ1n) is 7.27. The van der Waals surface area contributed by atoms with Crippen LogP contribution in [-0.2, 0) is 11.3 Å². The van der Waals surface area contributed by atoms with Crippen molar-refractivity contribution in [1.29, 1.82) is 0 Å². The Bertz CT molecular complexity index is 893. The number of nitrogens with one attached hydrogen (secondary N) is 1. The first kappa shape index (κ1) is 16.8. The Morgan fingerprint density at radius 1 is 1.16 bits per heavy atom. The van der Waals surface area contributed by atoms with Crippen LogP contribution in [0.5, 0.6) is 0 Å². The molecule has 0 radical (unpaired) electrons. The maximum atomic E-state index is 12.4. The molecule has 0 bridgehead atoms. The van der Waals surface area contributed by atoms with Crippen LogP contribution in [0.4, 0.5) is 10.5 Å². The molecule has 0 aliphatic carbocycles. The zero-order chi connectivity index (χ0) is 18.0. The van der Waals surface area contributed by atoms with E-state index in [1.165, 1.54) is 24.3 Å². The molecule has 0 atom stereocenters. The molecular weight excluding hydrogens is 390 g/mol. The fourth-order valence-electron chi connectivity index (χ4n) is 2.38. The third-order valence-electron chi connectivity index (χ3n) is 3.61. The summed E-state index contributed by atoms with van der Waals surface area (Å²) in [6.07, 6.45) is 1.43. The van der Waals surface area contributed by atoms with Gasteiger partial charge in [0.2, 0.25) is 0 Å². The lowest BCUT2D eigenvalue weighted by molar-refractivity contribution is -0.384. The second-order valence-corrected chi connectivity index (χ2v) is 6.27. The summed E-state index contributed by atoms with van der Waals surface area (Å²) in [5.41, 5.74) is 1.27. The Morgan fingerprint density at radius 2 is 1.88 bits per heavy atom. The van der Waals surface area contributed by atoms with E-state index in [9.17, 15) is 19.7 Å². The Morgan fingerprint density at radius 3 is 2.56 bits per heavy atom. The minimum atomic E-state index is -0.524. The van der Waals surface area contributed by atoms with E-state index >= 15 is 0 Å². The molecular formula is C17H12BrN3O4. The quantitative estimate of drug-likeness (QED) is 0.367. The van der Waals surface area contributed by atoms with Crippen molar-refractivity contribution in [1.82, 2.24) is 10.2 Å². The van der Waals surface area contributed by atoms with E-state index in [2.05, 4.69) is 21.2 Å². The van der Waals surface area contributed by atoms with Gasteiger partial charge in [0, 0.05) is 16.6 Å². The van der Waals surface area contributed by atoms with Crippen molar-refractivity contribution in [3.8, 4) is 0 Å². The first-order chi connectivity index (χ1) is 11.9. The Balaban J connectivity index is 1.82. The predicted octanol–water partition coefficient (Wildman–Crippen LogP) is 3.45. The summed E-state index contributed by atoms with van der Waals surface area (Å²) in [6.45, 7) is 0.143. The summed E-state index contributed by atoms with van der Waals surface area (Å²) in [6, 6.07) is 12.6. The van der Waals surface area contributed by atoms with Gasteiger partial charge in [-0.3, -0.25) is 19.8 Å². The fraction of sp³-hybridized carbons (Fsp3) is 0.0588. The topological polar surface area (TPSA) is 92.5 Å². The minimum Gasteiger partial charge on any atom is -0.303 e. The number of hydrogen-bond acceptors (Lipinski definition) is 4. The smallest absolute Gasteiger partial charge is 0.303 e. The van der Waals surface area contributed by atoms with E-state index in [0.29, 0.717) is 5.56 Å². The second-order valence-electron chi connectivity index (χ2n) is 5.36. The highest BCUT2D eigenvalue weighted by atomic mass is 79.9. The number of non-ortho nitro benzene ring substituents is 1. The Kier molecular flexibility index (Phi) is 4.62. The summed E-state index contributed by atoms with van der Waals surface area (Å²) in [4.78, 5) is 35.9. The van der Waals surface area contributed by atoms with E-state index in [0.717, 1.165) is 14.9 Å². The molecule has 1 fully saturated rings. The Hall–Kier alpha value is -3.00. The lowest BCUT2D eigenvalue weighted by atomic mass is 10.1. The normalized spacial score (nSPS) is 15.6. The summed E-state index contributed by atoms with van der Waals surface area (Å²) < 4.78 is 0.903. The van der Waals surface area contributed by atoms with Crippen molar-refractivity contribution in [2.24, 2.45) is 0 Å². The average Bonchev–Trinajstić information content (AvgIpc) is 2.84. The predicted molar refractivity (Wildman–Crippen MR) is 94.3 cm³/mol. The molecule has 25 heavy (non-hydrogen) atoms. The number of nitro benzene ring substituents is 1. The lowest BCUT2D eigenvalue weighted by Gasteiger charge is -2.11. The van der Waals surface area contributed by atoms with Crippen LogP contribution < -0.4 is 5.32 Å². The molecule has 126 valence electrons. The van der Waals surface area contributed by atoms with Gasteiger partial charge in [-0.2, -0.15) is 0 Å². The largest absolute Gasteiger partial charge is 0.329 e. The van der Waals surface area contributed by atoms with Gasteiger partial charge < -0.3 is 5.32 Å². The number of imide groups is 1. The molecule has 0 saturated carbocycles. The van der Waals surface area contributed by atoms with Crippen molar-refractivity contribution in [3.05, 3.63) is 79.9 Å². The molecule has 7 nitrogen and oxygen atoms in total. The van der Waals surface area contributed by atoms with Gasteiger partial charge in [-0.05, 0) is 29.3 Å². The molecule has 3 amide bonds. The fourth-order valence-corrected chi connectivity index (χ4v) is 2.65. The van der Waals surface area contributed by atoms with E-state index < -0.39 is 16.9 Å². The third kappa shape index (κ3) is 3.74. The van der Waals surface area contributed by atoms with E-state index in [1.54, 1.807) is 6.07 Å². The summed E-state index contributed by atoms with van der Waals surface area (Å²) in [7, 11) is 0. The van der Waals surface area contributed by atoms with Gasteiger partial charge in [0.15, 0.2) is 0 Å². The van der Waals surface area contributed by atoms with Crippen molar-refractivity contribution in [3.63, 3.8) is 0 Å². The molecule has 0 spiro atoms. The van der Waals surface area contributed by atoms with Crippen LogP contribution >= 0.6 is 15.9 Å². The number of hydrogen-bond donors (Lipinski definition) is 1. The van der Waals surface area contributed by atoms with Crippen LogP contribution in [0.3, 0.4) is 0 Å². The van der Waals surface area contributed by atoms with Gasteiger partial charge >= 0.3 is 6.03 Å². The zero-order valence-corrected chi connectivity index (χ0v) is 14.4. The molecule has 1 heterocycles. The van der Waals surface area contributed by atoms with Crippen LogP contribution in [0.15, 0.2) is 58.7 Å². The van der Waals surface area contributed by atoms with E-state index in [4.69, 9.17) is 0 Å². The molecule has 1 aliphatic heterocycles. The van der Waals surface area contributed by atoms with Gasteiger partial charge in [-0.1, -0.05) is 40.2 Å². The van der Waals surface area contributed by atoms with Crippen LogP contribution in [-0.4, -0.2) is 21.8 Å². The number of nitro groups is 1. The van der Waals surface area contributed by atoms with Gasteiger partial charge in [-0.15, -0.1) is 0 Å². The van der Waals surface area contributed by atoms with Gasteiger partial charge in [-0.25, -0.2) is 4.79 Å². The summed E-state index contributed by atoms with van der Waals surface area (Å²) in [5.74, 6) is -0.473. The molecule has 3 rings (SSSR count). The Labute approximate surface area is 151 Å². The van der Waals surface area contributed by atoms with E-state index in [1.807, 2.05) is 24.3 Å². The standard InChI is InChI=1S/C17H12BrN3O4/c18-13-6-4-11(5-7-13)10-20-16(22)15(19-17(20)23)9-12-2-1-3-14(8-12)21(24)25/h1-9H,10H2,(H,19,23)/b15-9+. The number of carbonyl (C=O) groups is 2. The summed E-state index contributed by atoms with van der Waals surface area (Å²) in [5, 5.41) is 13.3. The highest BCUT2D eigenvalue weighted by molar-refractivity contribution is 9.10. The third-order valence-corrected chi connectivity index (χ3v) is 4.14.